The number of halogens is 2. The molecule has 3 aromatic heterocycles. The first-order chi connectivity index (χ1) is 14.3. The number of hydrogen-bond donors (Lipinski definition) is 1. The summed E-state index contributed by atoms with van der Waals surface area (Å²) in [5.74, 6) is 0.764. The number of nitrogens with one attached hydrogen (secondary N) is 1. The molecular formula is C21H26F2N6O. The molecule has 0 aromatic carbocycles. The Bertz CT molecular complexity index is 1050. The summed E-state index contributed by atoms with van der Waals surface area (Å²) in [5.41, 5.74) is 0.753. The molecule has 0 bridgehead atoms. The Morgan fingerprint density at radius 2 is 1.93 bits per heavy atom. The lowest BCUT2D eigenvalue weighted by Crippen LogP contribution is -2.21. The number of rotatable bonds is 5. The lowest BCUT2D eigenvalue weighted by atomic mass is 9.80. The van der Waals surface area contributed by atoms with E-state index in [0.717, 1.165) is 25.7 Å². The maximum Gasteiger partial charge on any atom is 0.284 e. The van der Waals surface area contributed by atoms with Crippen LogP contribution in [0, 0.1) is 18.8 Å². The molecule has 0 saturated heterocycles. The van der Waals surface area contributed by atoms with Crippen molar-refractivity contribution in [2.75, 3.05) is 5.32 Å². The van der Waals surface area contributed by atoms with Crippen molar-refractivity contribution < 1.29 is 13.6 Å². The van der Waals surface area contributed by atoms with Crippen LogP contribution in [0.25, 0.3) is 5.65 Å². The molecule has 3 heterocycles. The maximum atomic E-state index is 13.6. The fourth-order valence-corrected chi connectivity index (χ4v) is 4.33. The van der Waals surface area contributed by atoms with Crippen molar-refractivity contribution in [1.82, 2.24) is 24.4 Å². The number of carbonyl (C=O) groups excluding carboxylic acids is 1. The molecule has 0 radical (unpaired) electrons. The molecule has 4 rings (SSSR count). The van der Waals surface area contributed by atoms with Crippen molar-refractivity contribution in [3.05, 3.63) is 41.6 Å². The number of anilines is 1. The van der Waals surface area contributed by atoms with Crippen LogP contribution >= 0.6 is 0 Å². The van der Waals surface area contributed by atoms with E-state index in [1.54, 1.807) is 30.1 Å². The van der Waals surface area contributed by atoms with E-state index in [-0.39, 0.29) is 17.3 Å². The summed E-state index contributed by atoms with van der Waals surface area (Å²) in [6.07, 6.45) is 5.91. The van der Waals surface area contributed by atoms with E-state index in [1.807, 2.05) is 0 Å². The molecule has 1 saturated carbocycles. The van der Waals surface area contributed by atoms with Gasteiger partial charge in [-0.25, -0.2) is 18.3 Å². The largest absolute Gasteiger partial charge is 0.319 e. The van der Waals surface area contributed by atoms with E-state index >= 15 is 0 Å². The molecule has 1 aliphatic carbocycles. The monoisotopic (exact) mass is 416 g/mol. The Morgan fingerprint density at radius 1 is 1.20 bits per heavy atom. The lowest BCUT2D eigenvalue weighted by Gasteiger charge is -2.30. The van der Waals surface area contributed by atoms with Gasteiger partial charge in [0.05, 0.1) is 17.4 Å². The van der Waals surface area contributed by atoms with E-state index in [9.17, 15) is 13.6 Å². The molecule has 0 unspecified atom stereocenters. The molecule has 0 atom stereocenters. The highest BCUT2D eigenvalue weighted by Gasteiger charge is 2.28. The smallest absolute Gasteiger partial charge is 0.284 e. The van der Waals surface area contributed by atoms with Gasteiger partial charge in [0.1, 0.15) is 5.56 Å². The predicted octanol–water partition coefficient (Wildman–Crippen LogP) is 4.81. The van der Waals surface area contributed by atoms with Gasteiger partial charge in [0.15, 0.2) is 11.3 Å². The van der Waals surface area contributed by atoms with Crippen LogP contribution < -0.4 is 5.32 Å². The summed E-state index contributed by atoms with van der Waals surface area (Å²) in [4.78, 5) is 17.1. The topological polar surface area (TPSA) is 77.1 Å². The highest BCUT2D eigenvalue weighted by atomic mass is 19.3. The summed E-state index contributed by atoms with van der Waals surface area (Å²) in [6.45, 7) is 6.13. The fraction of sp³-hybridized carbons (Fsp3) is 0.524. The third kappa shape index (κ3) is 3.80. The zero-order valence-corrected chi connectivity index (χ0v) is 17.3. The molecular weight excluding hydrogens is 390 g/mol. The van der Waals surface area contributed by atoms with E-state index < -0.39 is 18.0 Å². The Balaban J connectivity index is 1.58. The van der Waals surface area contributed by atoms with Crippen molar-refractivity contribution in [3.63, 3.8) is 0 Å². The van der Waals surface area contributed by atoms with Crippen LogP contribution in [0.1, 0.15) is 73.7 Å². The minimum absolute atomic E-state index is 0.0377. The zero-order chi connectivity index (χ0) is 21.4. The van der Waals surface area contributed by atoms with Gasteiger partial charge < -0.3 is 5.32 Å². The molecule has 30 heavy (non-hydrogen) atoms. The molecule has 1 amide bonds. The molecule has 160 valence electrons. The Kier molecular flexibility index (Phi) is 5.53. The molecule has 1 aliphatic rings. The molecule has 7 nitrogen and oxygen atoms in total. The van der Waals surface area contributed by atoms with Crippen molar-refractivity contribution in [1.29, 1.82) is 0 Å². The van der Waals surface area contributed by atoms with Crippen molar-refractivity contribution in [2.24, 2.45) is 11.8 Å². The minimum atomic E-state index is -2.78. The van der Waals surface area contributed by atoms with E-state index in [1.165, 1.54) is 10.7 Å². The maximum absolute atomic E-state index is 13.6. The number of amides is 1. The SMILES string of the molecule is Cc1nn2cccnc2c1C(=O)Nc1cn(C2CCC(C(C)C)CC2)nc1C(F)F. The van der Waals surface area contributed by atoms with Crippen LogP contribution in [-0.4, -0.2) is 30.3 Å². The normalized spacial score (nSPS) is 19.7. The second-order valence-corrected chi connectivity index (χ2v) is 8.32. The van der Waals surface area contributed by atoms with Crippen LogP contribution in [0.3, 0.4) is 0 Å². The van der Waals surface area contributed by atoms with Gasteiger partial charge >= 0.3 is 0 Å². The first-order valence-corrected chi connectivity index (χ1v) is 10.3. The molecule has 0 spiro atoms. The molecule has 1 fully saturated rings. The van der Waals surface area contributed by atoms with Gasteiger partial charge in [-0.3, -0.25) is 9.48 Å². The zero-order valence-electron chi connectivity index (χ0n) is 17.3. The number of hydrogen-bond acceptors (Lipinski definition) is 4. The molecule has 3 aromatic rings. The average Bonchev–Trinajstić information content (AvgIpc) is 3.28. The van der Waals surface area contributed by atoms with Gasteiger partial charge in [-0.05, 0) is 50.5 Å². The summed E-state index contributed by atoms with van der Waals surface area (Å²) in [6, 6.07) is 1.78. The fourth-order valence-electron chi connectivity index (χ4n) is 4.33. The summed E-state index contributed by atoms with van der Waals surface area (Å²) in [5, 5.41) is 11.0. The molecule has 0 aliphatic heterocycles. The van der Waals surface area contributed by atoms with Gasteiger partial charge in [-0.1, -0.05) is 13.8 Å². The predicted molar refractivity (Wildman–Crippen MR) is 109 cm³/mol. The minimum Gasteiger partial charge on any atom is -0.319 e. The van der Waals surface area contributed by atoms with Crippen LogP contribution in [0.4, 0.5) is 14.5 Å². The van der Waals surface area contributed by atoms with Crippen molar-refractivity contribution >= 4 is 17.2 Å². The van der Waals surface area contributed by atoms with E-state index in [0.29, 0.717) is 23.2 Å². The Morgan fingerprint density at radius 3 is 2.60 bits per heavy atom. The number of carbonyl (C=O) groups is 1. The third-order valence-corrected chi connectivity index (χ3v) is 6.07. The Labute approximate surface area is 173 Å². The van der Waals surface area contributed by atoms with E-state index in [4.69, 9.17) is 0 Å². The molecule has 9 heteroatoms. The highest BCUT2D eigenvalue weighted by Crippen LogP contribution is 2.37. The third-order valence-electron chi connectivity index (χ3n) is 6.07. The van der Waals surface area contributed by atoms with Crippen LogP contribution in [-0.2, 0) is 0 Å². The standard InChI is InChI=1S/C21H26F2N6O/c1-12(2)14-5-7-15(8-6-14)29-11-16(18(27-29)19(22)23)25-21(30)17-13(3)26-28-10-4-9-24-20(17)28/h4,9-12,14-15,19H,5-8H2,1-3H3,(H,25,30). The van der Waals surface area contributed by atoms with Crippen LogP contribution in [0.2, 0.25) is 0 Å². The number of aromatic nitrogens is 5. The first kappa shape index (κ1) is 20.4. The summed E-state index contributed by atoms with van der Waals surface area (Å²) in [7, 11) is 0. The second-order valence-electron chi connectivity index (χ2n) is 8.32. The van der Waals surface area contributed by atoms with E-state index in [2.05, 4.69) is 34.3 Å². The highest BCUT2D eigenvalue weighted by molar-refractivity contribution is 6.09. The average molecular weight is 416 g/mol. The number of nitrogens with zero attached hydrogens (tertiary/aromatic N) is 5. The van der Waals surface area contributed by atoms with Gasteiger partial charge in [-0.15, -0.1) is 0 Å². The van der Waals surface area contributed by atoms with Gasteiger partial charge in [0, 0.05) is 18.6 Å². The second kappa shape index (κ2) is 8.12. The van der Waals surface area contributed by atoms with Gasteiger partial charge in [-0.2, -0.15) is 10.2 Å². The summed E-state index contributed by atoms with van der Waals surface area (Å²) >= 11 is 0. The number of aryl methyl sites for hydroxylation is 1. The van der Waals surface area contributed by atoms with Crippen molar-refractivity contribution in [2.45, 2.75) is 58.9 Å². The summed E-state index contributed by atoms with van der Waals surface area (Å²) < 4.78 is 30.4. The molecule has 1 N–H and O–H groups in total. The number of fused-ring (bicyclic) bond motifs is 1. The van der Waals surface area contributed by atoms with Crippen LogP contribution in [0.5, 0.6) is 0 Å². The van der Waals surface area contributed by atoms with Crippen LogP contribution in [0.15, 0.2) is 24.7 Å². The lowest BCUT2D eigenvalue weighted by molar-refractivity contribution is 0.102. The first-order valence-electron chi connectivity index (χ1n) is 10.3. The number of alkyl halides is 2. The van der Waals surface area contributed by atoms with Gasteiger partial charge in [0.25, 0.3) is 12.3 Å². The van der Waals surface area contributed by atoms with Gasteiger partial charge in [0.2, 0.25) is 0 Å². The Hall–Kier alpha value is -2.84. The van der Waals surface area contributed by atoms with Crippen molar-refractivity contribution in [3.8, 4) is 0 Å². The quantitative estimate of drug-likeness (QED) is 0.647.